The number of carbonyl (C=O) groups is 1. The zero-order chi connectivity index (χ0) is 16.0. The number of carboxylic acid groups (broad SMARTS) is 1. The average Bonchev–Trinajstić information content (AvgIpc) is 2.37. The summed E-state index contributed by atoms with van der Waals surface area (Å²) in [4.78, 5) is 10.7. The predicted octanol–water partition coefficient (Wildman–Crippen LogP) is 2.07. The first kappa shape index (κ1) is 17.5. The Morgan fingerprint density at radius 1 is 1.33 bits per heavy atom. The van der Waals surface area contributed by atoms with E-state index in [0.29, 0.717) is 12.5 Å². The molecule has 118 valence electrons. The van der Waals surface area contributed by atoms with E-state index >= 15 is 0 Å². The smallest absolute Gasteiger partial charge is 0.335 e. The van der Waals surface area contributed by atoms with Gasteiger partial charge in [-0.2, -0.15) is 0 Å². The summed E-state index contributed by atoms with van der Waals surface area (Å²) >= 11 is 0. The third kappa shape index (κ3) is 5.35. The maximum absolute atomic E-state index is 12.1. The van der Waals surface area contributed by atoms with Crippen molar-refractivity contribution in [2.45, 2.75) is 38.0 Å². The molecule has 0 spiro atoms. The molecule has 0 heterocycles. The number of rotatable bonds is 8. The van der Waals surface area contributed by atoms with Crippen LogP contribution in [0.1, 0.15) is 43.5 Å². The Bertz CT molecular complexity index is 597. The van der Waals surface area contributed by atoms with E-state index in [9.17, 15) is 13.2 Å². The highest BCUT2D eigenvalue weighted by molar-refractivity contribution is 7.89. The van der Waals surface area contributed by atoms with Gasteiger partial charge in [-0.1, -0.05) is 26.7 Å². The molecule has 0 radical (unpaired) electrons. The molecule has 21 heavy (non-hydrogen) atoms. The van der Waals surface area contributed by atoms with Crippen LogP contribution in [0.3, 0.4) is 0 Å². The van der Waals surface area contributed by atoms with Gasteiger partial charge in [0.2, 0.25) is 10.0 Å². The minimum atomic E-state index is -3.70. The van der Waals surface area contributed by atoms with Crippen LogP contribution in [0.25, 0.3) is 0 Å². The van der Waals surface area contributed by atoms with Gasteiger partial charge in [-0.3, -0.25) is 0 Å². The number of unbranched alkanes of at least 4 members (excludes halogenated alkanes) is 1. The Balaban J connectivity index is 2.68. The number of nitrogen functional groups attached to an aromatic ring is 1. The van der Waals surface area contributed by atoms with Crippen LogP contribution >= 0.6 is 0 Å². The quantitative estimate of drug-likeness (QED) is 0.502. The molecule has 0 fully saturated rings. The van der Waals surface area contributed by atoms with Gasteiger partial charge >= 0.3 is 5.97 Å². The van der Waals surface area contributed by atoms with Gasteiger partial charge in [-0.25, -0.2) is 17.9 Å². The lowest BCUT2D eigenvalue weighted by atomic mass is 10.1. The Morgan fingerprint density at radius 2 is 2.00 bits per heavy atom. The average molecular weight is 314 g/mol. The minimum absolute atomic E-state index is 0.0385. The molecular weight excluding hydrogens is 292 g/mol. The third-order valence-electron chi connectivity index (χ3n) is 3.05. The van der Waals surface area contributed by atoms with E-state index in [2.05, 4.69) is 18.6 Å². The monoisotopic (exact) mass is 314 g/mol. The first-order valence-corrected chi connectivity index (χ1v) is 8.35. The van der Waals surface area contributed by atoms with Gasteiger partial charge in [0.1, 0.15) is 4.90 Å². The van der Waals surface area contributed by atoms with Crippen molar-refractivity contribution in [2.75, 3.05) is 12.3 Å². The van der Waals surface area contributed by atoms with Gasteiger partial charge in [-0.15, -0.1) is 0 Å². The van der Waals surface area contributed by atoms with Crippen molar-refractivity contribution >= 4 is 21.7 Å². The van der Waals surface area contributed by atoms with Crippen molar-refractivity contribution in [2.24, 2.45) is 5.92 Å². The van der Waals surface area contributed by atoms with Crippen molar-refractivity contribution in [1.82, 2.24) is 4.72 Å². The normalized spacial score (nSPS) is 11.8. The highest BCUT2D eigenvalue weighted by atomic mass is 32.2. The molecule has 0 atom stereocenters. The van der Waals surface area contributed by atoms with Gasteiger partial charge < -0.3 is 10.8 Å². The van der Waals surface area contributed by atoms with Crippen molar-refractivity contribution < 1.29 is 18.3 Å². The molecule has 6 nitrogen and oxygen atoms in total. The second-order valence-electron chi connectivity index (χ2n) is 5.35. The van der Waals surface area contributed by atoms with Crippen LogP contribution in [0.2, 0.25) is 0 Å². The molecule has 0 aliphatic heterocycles. The van der Waals surface area contributed by atoms with E-state index in [1.165, 1.54) is 12.1 Å². The lowest BCUT2D eigenvalue weighted by Gasteiger charge is -2.10. The lowest BCUT2D eigenvalue weighted by Crippen LogP contribution is -2.25. The number of nitrogens with one attached hydrogen (secondary N) is 1. The summed E-state index contributed by atoms with van der Waals surface area (Å²) in [6.07, 6.45) is 2.76. The minimum Gasteiger partial charge on any atom is -0.478 e. The maximum atomic E-state index is 12.1. The zero-order valence-corrected chi connectivity index (χ0v) is 13.1. The fourth-order valence-electron chi connectivity index (χ4n) is 1.89. The Kier molecular flexibility index (Phi) is 6.17. The van der Waals surface area contributed by atoms with Crippen LogP contribution in [-0.2, 0) is 10.0 Å². The molecule has 7 heteroatoms. The summed E-state index contributed by atoms with van der Waals surface area (Å²) in [5.41, 5.74) is 5.53. The highest BCUT2D eigenvalue weighted by Crippen LogP contribution is 2.19. The van der Waals surface area contributed by atoms with Crippen molar-refractivity contribution in [3.63, 3.8) is 0 Å². The molecule has 0 aliphatic rings. The Morgan fingerprint density at radius 3 is 2.52 bits per heavy atom. The fourth-order valence-corrected chi connectivity index (χ4v) is 3.07. The Labute approximate surface area is 125 Å². The summed E-state index contributed by atoms with van der Waals surface area (Å²) in [7, 11) is -3.70. The van der Waals surface area contributed by atoms with Crippen molar-refractivity contribution in [1.29, 1.82) is 0 Å². The van der Waals surface area contributed by atoms with Crippen molar-refractivity contribution in [3.8, 4) is 0 Å². The summed E-state index contributed by atoms with van der Waals surface area (Å²) < 4.78 is 26.7. The topological polar surface area (TPSA) is 109 Å². The summed E-state index contributed by atoms with van der Waals surface area (Å²) in [6.45, 7) is 4.58. The molecule has 1 rings (SSSR count). The number of anilines is 1. The first-order chi connectivity index (χ1) is 9.74. The van der Waals surface area contributed by atoms with Gasteiger partial charge in [0.05, 0.1) is 11.3 Å². The van der Waals surface area contributed by atoms with Gasteiger partial charge in [0.15, 0.2) is 0 Å². The molecule has 4 N–H and O–H groups in total. The van der Waals surface area contributed by atoms with Crippen LogP contribution in [0.5, 0.6) is 0 Å². The third-order valence-corrected chi connectivity index (χ3v) is 4.58. The van der Waals surface area contributed by atoms with E-state index in [-0.39, 0.29) is 16.1 Å². The van der Waals surface area contributed by atoms with Crippen LogP contribution < -0.4 is 10.5 Å². The molecule has 0 saturated heterocycles. The number of aromatic carboxylic acids is 1. The molecule has 1 aromatic carbocycles. The summed E-state index contributed by atoms with van der Waals surface area (Å²) in [6, 6.07) is 3.59. The molecule has 0 saturated carbocycles. The Hall–Kier alpha value is -1.60. The molecule has 0 amide bonds. The lowest BCUT2D eigenvalue weighted by molar-refractivity contribution is 0.0697. The number of sulfonamides is 1. The van der Waals surface area contributed by atoms with E-state index in [1.807, 2.05) is 0 Å². The number of benzene rings is 1. The zero-order valence-electron chi connectivity index (χ0n) is 12.3. The van der Waals surface area contributed by atoms with E-state index in [1.54, 1.807) is 0 Å². The van der Waals surface area contributed by atoms with Crippen molar-refractivity contribution in [3.05, 3.63) is 23.8 Å². The summed E-state index contributed by atoms with van der Waals surface area (Å²) in [5, 5.41) is 8.83. The largest absolute Gasteiger partial charge is 0.478 e. The second-order valence-corrected chi connectivity index (χ2v) is 7.08. The first-order valence-electron chi connectivity index (χ1n) is 6.86. The SMILES string of the molecule is CC(C)CCCCNS(=O)(=O)c1ccc(C(=O)O)cc1N. The highest BCUT2D eigenvalue weighted by Gasteiger charge is 2.18. The fraction of sp³-hybridized carbons (Fsp3) is 0.500. The van der Waals surface area contributed by atoms with Gasteiger partial charge in [0.25, 0.3) is 0 Å². The number of carboxylic acids is 1. The molecular formula is C14H22N2O4S. The summed E-state index contributed by atoms with van der Waals surface area (Å²) in [5.74, 6) is -0.548. The molecule has 0 aliphatic carbocycles. The molecule has 0 unspecified atom stereocenters. The molecule has 0 aromatic heterocycles. The predicted molar refractivity (Wildman–Crippen MR) is 81.7 cm³/mol. The number of hydrogen-bond donors (Lipinski definition) is 3. The standard InChI is InChI=1S/C14H22N2O4S/c1-10(2)5-3-4-8-16-21(19,20)13-7-6-11(14(17)18)9-12(13)15/h6-7,9-10,16H,3-5,8,15H2,1-2H3,(H,17,18). The molecule has 0 bridgehead atoms. The molecule has 1 aromatic rings. The van der Waals surface area contributed by atoms with E-state index in [0.717, 1.165) is 25.3 Å². The van der Waals surface area contributed by atoms with Crippen LogP contribution in [0, 0.1) is 5.92 Å². The maximum Gasteiger partial charge on any atom is 0.335 e. The van der Waals surface area contributed by atoms with Gasteiger partial charge in [-0.05, 0) is 30.5 Å². The second kappa shape index (κ2) is 7.42. The van der Waals surface area contributed by atoms with Gasteiger partial charge in [0, 0.05) is 6.54 Å². The van der Waals surface area contributed by atoms with Crippen LogP contribution in [0.4, 0.5) is 5.69 Å². The van der Waals surface area contributed by atoms with E-state index < -0.39 is 16.0 Å². The van der Waals surface area contributed by atoms with Crippen LogP contribution in [0.15, 0.2) is 23.1 Å². The van der Waals surface area contributed by atoms with Crippen LogP contribution in [-0.4, -0.2) is 26.0 Å². The number of nitrogens with two attached hydrogens (primary N) is 1. The number of hydrogen-bond acceptors (Lipinski definition) is 4. The van der Waals surface area contributed by atoms with E-state index in [4.69, 9.17) is 10.8 Å².